The van der Waals surface area contributed by atoms with Crippen LogP contribution in [0.2, 0.25) is 0 Å². The van der Waals surface area contributed by atoms with Gasteiger partial charge in [-0.05, 0) is 24.5 Å². The Bertz CT molecular complexity index is 401. The maximum atomic E-state index is 4.32. The Morgan fingerprint density at radius 3 is 2.55 bits per heavy atom. The van der Waals surface area contributed by atoms with Gasteiger partial charge in [0.05, 0.1) is 0 Å². The van der Waals surface area contributed by atoms with Crippen molar-refractivity contribution in [1.29, 1.82) is 0 Å². The normalized spacial score (nSPS) is 11.7. The summed E-state index contributed by atoms with van der Waals surface area (Å²) in [6.07, 6.45) is 9.30. The Morgan fingerprint density at radius 2 is 1.86 bits per heavy atom. The minimum absolute atomic E-state index is 0.834. The Hall–Kier alpha value is -1.58. The number of aromatic nitrogens is 1. The van der Waals surface area contributed by atoms with Gasteiger partial charge >= 0.3 is 0 Å². The standard InChI is InChI=1S/C18H32N4/c1-16(2)10-6-4-5-8-14-21-18(19-3)22-15-12-17-11-7-9-13-20-17/h7,9,11,13,16H,4-6,8,10,12,14-15H2,1-3H3,(H2,19,21,22). The van der Waals surface area contributed by atoms with Crippen LogP contribution in [0.1, 0.15) is 51.6 Å². The van der Waals surface area contributed by atoms with Crippen LogP contribution in [0.4, 0.5) is 0 Å². The maximum absolute atomic E-state index is 4.32. The number of aliphatic imine (C=N–C) groups is 1. The second-order valence-corrected chi connectivity index (χ2v) is 6.09. The van der Waals surface area contributed by atoms with Crippen molar-refractivity contribution >= 4 is 5.96 Å². The van der Waals surface area contributed by atoms with Gasteiger partial charge in [0.15, 0.2) is 5.96 Å². The fourth-order valence-electron chi connectivity index (χ4n) is 2.31. The number of nitrogens with one attached hydrogen (secondary N) is 2. The molecular formula is C18H32N4. The molecule has 0 saturated heterocycles. The zero-order valence-electron chi connectivity index (χ0n) is 14.4. The molecule has 2 N–H and O–H groups in total. The predicted molar refractivity (Wildman–Crippen MR) is 95.2 cm³/mol. The summed E-state index contributed by atoms with van der Waals surface area (Å²) in [5.74, 6) is 1.72. The molecule has 0 amide bonds. The van der Waals surface area contributed by atoms with Crippen LogP contribution in [-0.2, 0) is 6.42 Å². The molecule has 0 fully saturated rings. The summed E-state index contributed by atoms with van der Waals surface area (Å²) in [4.78, 5) is 8.57. The number of hydrogen-bond acceptors (Lipinski definition) is 2. The summed E-state index contributed by atoms with van der Waals surface area (Å²) in [5, 5.41) is 6.71. The van der Waals surface area contributed by atoms with Gasteiger partial charge in [-0.1, -0.05) is 45.6 Å². The van der Waals surface area contributed by atoms with E-state index in [0.717, 1.165) is 37.1 Å². The van der Waals surface area contributed by atoms with E-state index in [4.69, 9.17) is 0 Å². The van der Waals surface area contributed by atoms with Crippen LogP contribution in [0.5, 0.6) is 0 Å². The van der Waals surface area contributed by atoms with Crippen molar-refractivity contribution in [2.24, 2.45) is 10.9 Å². The zero-order chi connectivity index (χ0) is 16.0. The molecule has 4 heteroatoms. The summed E-state index contributed by atoms with van der Waals surface area (Å²) in [5.41, 5.74) is 1.11. The lowest BCUT2D eigenvalue weighted by molar-refractivity contribution is 0.518. The van der Waals surface area contributed by atoms with Gasteiger partial charge in [-0.15, -0.1) is 0 Å². The maximum Gasteiger partial charge on any atom is 0.190 e. The zero-order valence-corrected chi connectivity index (χ0v) is 14.4. The molecule has 1 heterocycles. The van der Waals surface area contributed by atoms with Gasteiger partial charge < -0.3 is 10.6 Å². The van der Waals surface area contributed by atoms with Gasteiger partial charge in [0.1, 0.15) is 0 Å². The molecule has 0 bridgehead atoms. The van der Waals surface area contributed by atoms with Crippen LogP contribution in [0.25, 0.3) is 0 Å². The van der Waals surface area contributed by atoms with Gasteiger partial charge in [0, 0.05) is 38.4 Å². The van der Waals surface area contributed by atoms with Crippen LogP contribution < -0.4 is 10.6 Å². The van der Waals surface area contributed by atoms with Gasteiger partial charge in [0.25, 0.3) is 0 Å². The third kappa shape index (κ3) is 9.37. The first-order chi connectivity index (χ1) is 10.7. The predicted octanol–water partition coefficient (Wildman–Crippen LogP) is 3.40. The lowest BCUT2D eigenvalue weighted by Gasteiger charge is -2.11. The third-order valence-electron chi connectivity index (χ3n) is 3.62. The van der Waals surface area contributed by atoms with E-state index in [-0.39, 0.29) is 0 Å². The Kier molecular flexibility index (Phi) is 10.1. The highest BCUT2D eigenvalue weighted by atomic mass is 15.2. The van der Waals surface area contributed by atoms with Gasteiger partial charge in [-0.25, -0.2) is 0 Å². The highest BCUT2D eigenvalue weighted by Gasteiger charge is 1.98. The van der Waals surface area contributed by atoms with Crippen molar-refractivity contribution in [3.63, 3.8) is 0 Å². The van der Waals surface area contributed by atoms with Gasteiger partial charge in [0.2, 0.25) is 0 Å². The minimum Gasteiger partial charge on any atom is -0.356 e. The largest absolute Gasteiger partial charge is 0.356 e. The van der Waals surface area contributed by atoms with E-state index >= 15 is 0 Å². The van der Waals surface area contributed by atoms with Crippen molar-refractivity contribution in [3.8, 4) is 0 Å². The lowest BCUT2D eigenvalue weighted by Crippen LogP contribution is -2.38. The van der Waals surface area contributed by atoms with E-state index in [0.29, 0.717) is 0 Å². The van der Waals surface area contributed by atoms with E-state index < -0.39 is 0 Å². The third-order valence-corrected chi connectivity index (χ3v) is 3.62. The van der Waals surface area contributed by atoms with E-state index in [1.165, 1.54) is 32.1 Å². The topological polar surface area (TPSA) is 49.3 Å². The number of rotatable bonds is 10. The molecule has 0 atom stereocenters. The Morgan fingerprint density at radius 1 is 1.09 bits per heavy atom. The molecule has 4 nitrogen and oxygen atoms in total. The molecule has 1 aromatic heterocycles. The lowest BCUT2D eigenvalue weighted by atomic mass is 10.0. The molecule has 124 valence electrons. The molecule has 0 aliphatic heterocycles. The summed E-state index contributed by atoms with van der Waals surface area (Å²) in [7, 11) is 1.82. The first-order valence-corrected chi connectivity index (χ1v) is 8.56. The Labute approximate surface area is 135 Å². The molecular weight excluding hydrogens is 272 g/mol. The number of unbranched alkanes of at least 4 members (excludes halogenated alkanes) is 3. The van der Waals surface area contributed by atoms with E-state index in [1.54, 1.807) is 0 Å². The first-order valence-electron chi connectivity index (χ1n) is 8.56. The second-order valence-electron chi connectivity index (χ2n) is 6.09. The molecule has 0 radical (unpaired) electrons. The number of pyridine rings is 1. The van der Waals surface area contributed by atoms with Crippen molar-refractivity contribution in [1.82, 2.24) is 15.6 Å². The van der Waals surface area contributed by atoms with Gasteiger partial charge in [-0.3, -0.25) is 9.98 Å². The fourth-order valence-corrected chi connectivity index (χ4v) is 2.31. The average molecular weight is 304 g/mol. The summed E-state index contributed by atoms with van der Waals surface area (Å²) >= 11 is 0. The highest BCUT2D eigenvalue weighted by Crippen LogP contribution is 2.08. The van der Waals surface area contributed by atoms with E-state index in [1.807, 2.05) is 25.4 Å². The van der Waals surface area contributed by atoms with Crippen LogP contribution in [0.3, 0.4) is 0 Å². The van der Waals surface area contributed by atoms with Crippen molar-refractivity contribution in [2.45, 2.75) is 52.4 Å². The smallest absolute Gasteiger partial charge is 0.190 e. The summed E-state index contributed by atoms with van der Waals surface area (Å²) < 4.78 is 0. The van der Waals surface area contributed by atoms with E-state index in [2.05, 4.69) is 40.5 Å². The van der Waals surface area contributed by atoms with Crippen LogP contribution >= 0.6 is 0 Å². The first kappa shape index (κ1) is 18.5. The number of guanidine groups is 1. The second kappa shape index (κ2) is 12.0. The molecule has 0 unspecified atom stereocenters. The van der Waals surface area contributed by atoms with Crippen LogP contribution in [-0.4, -0.2) is 31.1 Å². The van der Waals surface area contributed by atoms with Gasteiger partial charge in [-0.2, -0.15) is 0 Å². The van der Waals surface area contributed by atoms with Crippen LogP contribution in [0, 0.1) is 5.92 Å². The van der Waals surface area contributed by atoms with Crippen molar-refractivity contribution < 1.29 is 0 Å². The van der Waals surface area contributed by atoms with Crippen molar-refractivity contribution in [3.05, 3.63) is 30.1 Å². The van der Waals surface area contributed by atoms with E-state index in [9.17, 15) is 0 Å². The summed E-state index contributed by atoms with van der Waals surface area (Å²) in [6, 6.07) is 6.02. The number of nitrogens with zero attached hydrogens (tertiary/aromatic N) is 2. The summed E-state index contributed by atoms with van der Waals surface area (Å²) in [6.45, 7) is 6.43. The molecule has 22 heavy (non-hydrogen) atoms. The molecule has 0 aromatic carbocycles. The Balaban J connectivity index is 2.03. The highest BCUT2D eigenvalue weighted by molar-refractivity contribution is 5.79. The number of hydrogen-bond donors (Lipinski definition) is 2. The van der Waals surface area contributed by atoms with Crippen molar-refractivity contribution in [2.75, 3.05) is 20.1 Å². The molecule has 0 aliphatic rings. The van der Waals surface area contributed by atoms with Crippen LogP contribution in [0.15, 0.2) is 29.4 Å². The average Bonchev–Trinajstić information content (AvgIpc) is 2.53. The monoisotopic (exact) mass is 304 g/mol. The molecule has 0 aliphatic carbocycles. The molecule has 1 aromatic rings. The molecule has 0 spiro atoms. The minimum atomic E-state index is 0.834. The molecule has 1 rings (SSSR count). The molecule has 0 saturated carbocycles. The SMILES string of the molecule is CN=C(NCCCCCCC(C)C)NCCc1ccccn1. The quantitative estimate of drug-likeness (QED) is 0.396. The fraction of sp³-hybridized carbons (Fsp3) is 0.667.